The summed E-state index contributed by atoms with van der Waals surface area (Å²) in [5, 5.41) is 3.22. The van der Waals surface area contributed by atoms with Crippen molar-refractivity contribution in [3.05, 3.63) is 35.4 Å². The highest BCUT2D eigenvalue weighted by Gasteiger charge is 2.33. The molecule has 0 spiro atoms. The molecular weight excluding hydrogens is 224 g/mol. The molecular formula is C13H17F2NO. The molecule has 0 bridgehead atoms. The van der Waals surface area contributed by atoms with E-state index < -0.39 is 11.6 Å². The lowest BCUT2D eigenvalue weighted by Gasteiger charge is -2.39. The predicted octanol–water partition coefficient (Wildman–Crippen LogP) is 2.65. The molecule has 0 aromatic heterocycles. The van der Waals surface area contributed by atoms with Crippen LogP contribution in [0.4, 0.5) is 8.78 Å². The minimum Gasteiger partial charge on any atom is -0.380 e. The highest BCUT2D eigenvalue weighted by molar-refractivity contribution is 5.22. The summed E-state index contributed by atoms with van der Waals surface area (Å²) in [5.74, 6) is -1.56. The number of ether oxygens (including phenoxy) is 1. The van der Waals surface area contributed by atoms with Crippen LogP contribution in [-0.4, -0.2) is 19.8 Å². The van der Waals surface area contributed by atoms with E-state index in [9.17, 15) is 8.78 Å². The Labute approximate surface area is 100.0 Å². The zero-order chi connectivity index (χ0) is 12.5. The maximum absolute atomic E-state index is 13.5. The van der Waals surface area contributed by atoms with E-state index in [2.05, 4.69) is 12.2 Å². The predicted molar refractivity (Wildman–Crippen MR) is 61.7 cm³/mol. The van der Waals surface area contributed by atoms with Crippen molar-refractivity contribution in [2.45, 2.75) is 19.9 Å². The molecule has 1 aromatic rings. The summed E-state index contributed by atoms with van der Waals surface area (Å²) in [4.78, 5) is 0. The van der Waals surface area contributed by atoms with Gasteiger partial charge in [-0.25, -0.2) is 8.78 Å². The zero-order valence-corrected chi connectivity index (χ0v) is 10.1. The van der Waals surface area contributed by atoms with Gasteiger partial charge >= 0.3 is 0 Å². The van der Waals surface area contributed by atoms with Gasteiger partial charge in [0.25, 0.3) is 0 Å². The summed E-state index contributed by atoms with van der Waals surface area (Å²) in [5.41, 5.74) is 0.492. The van der Waals surface area contributed by atoms with E-state index in [1.807, 2.05) is 6.92 Å². The topological polar surface area (TPSA) is 21.3 Å². The number of hydrogen-bond donors (Lipinski definition) is 1. The van der Waals surface area contributed by atoms with Gasteiger partial charge in [-0.3, -0.25) is 0 Å². The Kier molecular flexibility index (Phi) is 3.45. The van der Waals surface area contributed by atoms with E-state index in [-0.39, 0.29) is 11.5 Å². The van der Waals surface area contributed by atoms with Crippen molar-refractivity contribution in [1.82, 2.24) is 5.32 Å². The SMILES string of the molecule is CC(NCC1(C)COC1)c1cccc(F)c1F. The smallest absolute Gasteiger partial charge is 0.163 e. The molecule has 0 amide bonds. The fraction of sp³-hybridized carbons (Fsp3) is 0.538. The number of nitrogens with one attached hydrogen (secondary N) is 1. The van der Waals surface area contributed by atoms with Crippen molar-refractivity contribution < 1.29 is 13.5 Å². The average Bonchev–Trinajstić information content (AvgIpc) is 2.27. The molecule has 0 radical (unpaired) electrons. The highest BCUT2D eigenvalue weighted by atomic mass is 19.2. The minimum absolute atomic E-state index is 0.123. The molecule has 2 rings (SSSR count). The first-order valence-electron chi connectivity index (χ1n) is 5.77. The van der Waals surface area contributed by atoms with Crippen LogP contribution in [0.2, 0.25) is 0 Å². The first-order chi connectivity index (χ1) is 8.02. The van der Waals surface area contributed by atoms with Crippen molar-refractivity contribution in [3.63, 3.8) is 0 Å². The van der Waals surface area contributed by atoms with Gasteiger partial charge in [0, 0.05) is 23.6 Å². The van der Waals surface area contributed by atoms with Gasteiger partial charge in [-0.15, -0.1) is 0 Å². The standard InChI is InChI=1S/C13H17F2NO/c1-9(16-6-13(2)7-17-8-13)10-4-3-5-11(14)12(10)15/h3-5,9,16H,6-8H2,1-2H3. The summed E-state index contributed by atoms with van der Waals surface area (Å²) in [6, 6.07) is 4.06. The monoisotopic (exact) mass is 241 g/mol. The fourth-order valence-corrected chi connectivity index (χ4v) is 1.92. The second-order valence-electron chi connectivity index (χ2n) is 5.05. The molecule has 1 unspecified atom stereocenters. The second-order valence-corrected chi connectivity index (χ2v) is 5.05. The van der Waals surface area contributed by atoms with Gasteiger partial charge in [-0.2, -0.15) is 0 Å². The Balaban J connectivity index is 1.99. The Hall–Kier alpha value is -1.00. The molecule has 1 aliphatic rings. The quantitative estimate of drug-likeness (QED) is 0.875. The van der Waals surface area contributed by atoms with E-state index in [1.165, 1.54) is 6.07 Å². The molecule has 1 aromatic carbocycles. The summed E-state index contributed by atoms with van der Waals surface area (Å²) in [7, 11) is 0. The lowest BCUT2D eigenvalue weighted by molar-refractivity contribution is -0.0999. The highest BCUT2D eigenvalue weighted by Crippen LogP contribution is 2.27. The number of benzene rings is 1. The van der Waals surface area contributed by atoms with Crippen LogP contribution in [0.5, 0.6) is 0 Å². The average molecular weight is 241 g/mol. The maximum atomic E-state index is 13.5. The third-order valence-electron chi connectivity index (χ3n) is 3.18. The Morgan fingerprint density at radius 3 is 2.71 bits per heavy atom. The van der Waals surface area contributed by atoms with Crippen LogP contribution in [0, 0.1) is 17.0 Å². The molecule has 17 heavy (non-hydrogen) atoms. The van der Waals surface area contributed by atoms with E-state index >= 15 is 0 Å². The number of rotatable bonds is 4. The van der Waals surface area contributed by atoms with E-state index in [4.69, 9.17) is 4.74 Å². The third-order valence-corrected chi connectivity index (χ3v) is 3.18. The summed E-state index contributed by atoms with van der Waals surface area (Å²) >= 11 is 0. The second kappa shape index (κ2) is 4.70. The molecule has 0 aliphatic carbocycles. The van der Waals surface area contributed by atoms with E-state index in [0.29, 0.717) is 5.56 Å². The number of hydrogen-bond acceptors (Lipinski definition) is 2. The van der Waals surface area contributed by atoms with Crippen LogP contribution in [0.15, 0.2) is 18.2 Å². The Bertz CT molecular complexity index is 404. The molecule has 1 saturated heterocycles. The van der Waals surface area contributed by atoms with Crippen LogP contribution < -0.4 is 5.32 Å². The Morgan fingerprint density at radius 2 is 2.12 bits per heavy atom. The van der Waals surface area contributed by atoms with Crippen molar-refractivity contribution in [1.29, 1.82) is 0 Å². The van der Waals surface area contributed by atoms with E-state index in [1.54, 1.807) is 6.07 Å². The van der Waals surface area contributed by atoms with Gasteiger partial charge in [0.2, 0.25) is 0 Å². The van der Waals surface area contributed by atoms with Gasteiger partial charge in [0.1, 0.15) is 0 Å². The van der Waals surface area contributed by atoms with Crippen LogP contribution in [0.25, 0.3) is 0 Å². The zero-order valence-electron chi connectivity index (χ0n) is 10.1. The van der Waals surface area contributed by atoms with Gasteiger partial charge < -0.3 is 10.1 Å². The van der Waals surface area contributed by atoms with Crippen molar-refractivity contribution in [2.24, 2.45) is 5.41 Å². The minimum atomic E-state index is -0.797. The fourth-order valence-electron chi connectivity index (χ4n) is 1.92. The first-order valence-corrected chi connectivity index (χ1v) is 5.77. The van der Waals surface area contributed by atoms with Gasteiger partial charge in [0.15, 0.2) is 11.6 Å². The molecule has 2 nitrogen and oxygen atoms in total. The van der Waals surface area contributed by atoms with Crippen LogP contribution in [0.3, 0.4) is 0 Å². The van der Waals surface area contributed by atoms with Crippen LogP contribution in [0.1, 0.15) is 25.5 Å². The van der Waals surface area contributed by atoms with Crippen molar-refractivity contribution >= 4 is 0 Å². The maximum Gasteiger partial charge on any atom is 0.163 e. The summed E-state index contributed by atoms with van der Waals surface area (Å²) in [6.07, 6.45) is 0. The summed E-state index contributed by atoms with van der Waals surface area (Å²) < 4.78 is 31.7. The van der Waals surface area contributed by atoms with E-state index in [0.717, 1.165) is 25.8 Å². The normalized spacial score (nSPS) is 19.8. The van der Waals surface area contributed by atoms with Gasteiger partial charge in [-0.1, -0.05) is 19.1 Å². The third kappa shape index (κ3) is 2.64. The van der Waals surface area contributed by atoms with Gasteiger partial charge in [0.05, 0.1) is 13.2 Å². The number of halogens is 2. The summed E-state index contributed by atoms with van der Waals surface area (Å²) in [6.45, 7) is 6.12. The van der Waals surface area contributed by atoms with Crippen molar-refractivity contribution in [3.8, 4) is 0 Å². The Morgan fingerprint density at radius 1 is 1.41 bits per heavy atom. The molecule has 1 N–H and O–H groups in total. The van der Waals surface area contributed by atoms with Crippen LogP contribution >= 0.6 is 0 Å². The molecule has 1 fully saturated rings. The molecule has 0 saturated carbocycles. The first kappa shape index (κ1) is 12.5. The molecule has 1 heterocycles. The van der Waals surface area contributed by atoms with Crippen LogP contribution in [-0.2, 0) is 4.74 Å². The lowest BCUT2D eigenvalue weighted by atomic mass is 9.88. The molecule has 1 aliphatic heterocycles. The largest absolute Gasteiger partial charge is 0.380 e. The molecule has 4 heteroatoms. The van der Waals surface area contributed by atoms with Gasteiger partial charge in [-0.05, 0) is 13.0 Å². The molecule has 94 valence electrons. The molecule has 1 atom stereocenters. The lowest BCUT2D eigenvalue weighted by Crippen LogP contribution is -2.47. The van der Waals surface area contributed by atoms with Crippen molar-refractivity contribution in [2.75, 3.05) is 19.8 Å².